The van der Waals surface area contributed by atoms with E-state index in [1.807, 2.05) is 4.90 Å². The molecule has 190 valence electrons. The molecule has 0 spiro atoms. The monoisotopic (exact) mass is 461 g/mol. The van der Waals surface area contributed by atoms with E-state index in [-0.39, 0.29) is 0 Å². The van der Waals surface area contributed by atoms with Crippen molar-refractivity contribution in [3.8, 4) is 0 Å². The van der Waals surface area contributed by atoms with Crippen LogP contribution in [-0.4, -0.2) is 42.9 Å². The van der Waals surface area contributed by atoms with Gasteiger partial charge in [-0.15, -0.1) is 0 Å². The maximum Gasteiger partial charge on any atom is 0.223 e. The number of morpholine rings is 1. The summed E-state index contributed by atoms with van der Waals surface area (Å²) in [6, 6.07) is 0. The Bertz CT molecular complexity index is 590. The van der Waals surface area contributed by atoms with Gasteiger partial charge in [-0.25, -0.2) is 0 Å². The van der Waals surface area contributed by atoms with Crippen molar-refractivity contribution in [1.29, 1.82) is 0 Å². The highest BCUT2D eigenvalue weighted by molar-refractivity contribution is 5.83. The standard InChI is InChI=1S/C15H27NO2.C14H24O/c1-12(2)14-5-3-13(4-6-14)11-15(17)16-7-9-18-10-8-16;1-10(2)12-5-3-11(4-6-12)9-14(15)13-7-8-13/h12-14H,3-11H2,1-2H3;10-13H,3-9H2,1-2H3. The molecule has 4 aliphatic rings. The highest BCUT2D eigenvalue weighted by Gasteiger charge is 2.32. The van der Waals surface area contributed by atoms with E-state index in [1.54, 1.807) is 0 Å². The molecule has 0 aromatic rings. The molecule has 0 radical (unpaired) electrons. The lowest BCUT2D eigenvalue weighted by atomic mass is 9.75. The number of ether oxygens (including phenoxy) is 1. The van der Waals surface area contributed by atoms with E-state index in [1.165, 1.54) is 64.2 Å². The zero-order valence-corrected chi connectivity index (χ0v) is 22.0. The summed E-state index contributed by atoms with van der Waals surface area (Å²) in [7, 11) is 0. The maximum absolute atomic E-state index is 12.2. The van der Waals surface area contributed by atoms with Crippen molar-refractivity contribution in [2.45, 2.75) is 105 Å². The van der Waals surface area contributed by atoms with E-state index >= 15 is 0 Å². The normalized spacial score (nSPS) is 30.7. The number of hydrogen-bond acceptors (Lipinski definition) is 3. The molecule has 1 heterocycles. The van der Waals surface area contributed by atoms with Crippen molar-refractivity contribution in [1.82, 2.24) is 4.90 Å². The highest BCUT2D eigenvalue weighted by atomic mass is 16.5. The molecule has 1 aliphatic heterocycles. The minimum atomic E-state index is 0.353. The molecule has 4 fully saturated rings. The summed E-state index contributed by atoms with van der Waals surface area (Å²) in [5.41, 5.74) is 0. The zero-order chi connectivity index (χ0) is 23.8. The fourth-order valence-electron chi connectivity index (χ4n) is 6.16. The van der Waals surface area contributed by atoms with E-state index in [0.29, 0.717) is 36.7 Å². The maximum atomic E-state index is 12.2. The van der Waals surface area contributed by atoms with Crippen molar-refractivity contribution < 1.29 is 14.3 Å². The predicted molar refractivity (Wildman–Crippen MR) is 135 cm³/mol. The Morgan fingerprint density at radius 3 is 1.58 bits per heavy atom. The first-order valence-corrected chi connectivity index (χ1v) is 14.2. The summed E-state index contributed by atoms with van der Waals surface area (Å²) in [6.07, 6.45) is 14.5. The van der Waals surface area contributed by atoms with Gasteiger partial charge in [-0.3, -0.25) is 9.59 Å². The second-order valence-corrected chi connectivity index (χ2v) is 12.2. The van der Waals surface area contributed by atoms with E-state index in [9.17, 15) is 9.59 Å². The quantitative estimate of drug-likeness (QED) is 0.434. The van der Waals surface area contributed by atoms with Crippen molar-refractivity contribution >= 4 is 11.7 Å². The number of carbonyl (C=O) groups excluding carboxylic acids is 2. The summed E-state index contributed by atoms with van der Waals surface area (Å²) >= 11 is 0. The molecule has 0 aromatic carbocycles. The Morgan fingerprint density at radius 1 is 0.697 bits per heavy atom. The molecular formula is C29H51NO3. The van der Waals surface area contributed by atoms with E-state index in [2.05, 4.69) is 27.7 Å². The lowest BCUT2D eigenvalue weighted by molar-refractivity contribution is -0.136. The van der Waals surface area contributed by atoms with Crippen LogP contribution in [0.5, 0.6) is 0 Å². The molecule has 3 aliphatic carbocycles. The first-order valence-electron chi connectivity index (χ1n) is 14.2. The number of carbonyl (C=O) groups is 2. The minimum absolute atomic E-state index is 0.353. The number of amides is 1. The molecule has 3 saturated carbocycles. The molecule has 0 aromatic heterocycles. The summed E-state index contributed by atoms with van der Waals surface area (Å²) in [6.45, 7) is 12.3. The van der Waals surface area contributed by atoms with E-state index in [4.69, 9.17) is 4.74 Å². The van der Waals surface area contributed by atoms with Crippen molar-refractivity contribution in [2.24, 2.45) is 41.4 Å². The van der Waals surface area contributed by atoms with Gasteiger partial charge in [0.1, 0.15) is 5.78 Å². The van der Waals surface area contributed by atoms with Crippen LogP contribution in [0, 0.1) is 41.4 Å². The number of nitrogens with zero attached hydrogens (tertiary/aromatic N) is 1. The third-order valence-electron chi connectivity index (χ3n) is 9.02. The first kappa shape index (κ1) is 26.7. The summed E-state index contributed by atoms with van der Waals surface area (Å²) in [4.78, 5) is 25.8. The van der Waals surface area contributed by atoms with Gasteiger partial charge in [0.15, 0.2) is 0 Å². The molecule has 4 nitrogen and oxygen atoms in total. The van der Waals surface area contributed by atoms with E-state index < -0.39 is 0 Å². The highest BCUT2D eigenvalue weighted by Crippen LogP contribution is 2.38. The van der Waals surface area contributed by atoms with Crippen molar-refractivity contribution in [2.75, 3.05) is 26.3 Å². The smallest absolute Gasteiger partial charge is 0.223 e. The van der Waals surface area contributed by atoms with E-state index in [0.717, 1.165) is 55.5 Å². The average molecular weight is 462 g/mol. The van der Waals surface area contributed by atoms with Crippen LogP contribution < -0.4 is 0 Å². The fourth-order valence-corrected chi connectivity index (χ4v) is 6.16. The van der Waals surface area contributed by atoms with Gasteiger partial charge >= 0.3 is 0 Å². The summed E-state index contributed by atoms with van der Waals surface area (Å²) < 4.78 is 5.29. The SMILES string of the molecule is CC(C)C1CCC(CC(=O)C2CC2)CC1.CC(C)C1CCC(CC(=O)N2CCOCC2)CC1. The van der Waals surface area contributed by atoms with Crippen molar-refractivity contribution in [3.63, 3.8) is 0 Å². The molecule has 1 saturated heterocycles. The predicted octanol–water partition coefficient (Wildman–Crippen LogP) is 6.52. The van der Waals surface area contributed by atoms with Gasteiger partial charge < -0.3 is 9.64 Å². The fraction of sp³-hybridized carbons (Fsp3) is 0.931. The lowest BCUT2D eigenvalue weighted by Gasteiger charge is -2.33. The topological polar surface area (TPSA) is 46.6 Å². The summed E-state index contributed by atoms with van der Waals surface area (Å²) in [5.74, 6) is 6.23. The van der Waals surface area contributed by atoms with Crippen LogP contribution in [0.15, 0.2) is 0 Å². The number of ketones is 1. The van der Waals surface area contributed by atoms with Gasteiger partial charge in [-0.2, -0.15) is 0 Å². The molecule has 0 atom stereocenters. The molecule has 0 N–H and O–H groups in total. The first-order chi connectivity index (χ1) is 15.8. The van der Waals surface area contributed by atoms with Gasteiger partial charge in [-0.1, -0.05) is 27.7 Å². The summed E-state index contributed by atoms with van der Waals surface area (Å²) in [5, 5.41) is 0. The Morgan fingerprint density at radius 2 is 1.15 bits per heavy atom. The lowest BCUT2D eigenvalue weighted by Crippen LogP contribution is -2.41. The molecule has 0 unspecified atom stereocenters. The van der Waals surface area contributed by atoms with Crippen LogP contribution in [0.2, 0.25) is 0 Å². The van der Waals surface area contributed by atoms with Gasteiger partial charge in [0.2, 0.25) is 5.91 Å². The van der Waals surface area contributed by atoms with Crippen LogP contribution in [0.25, 0.3) is 0 Å². The van der Waals surface area contributed by atoms with Gasteiger partial charge in [0.05, 0.1) is 13.2 Å². The largest absolute Gasteiger partial charge is 0.378 e. The number of hydrogen-bond donors (Lipinski definition) is 0. The van der Waals surface area contributed by atoms with Crippen LogP contribution in [0.3, 0.4) is 0 Å². The van der Waals surface area contributed by atoms with Crippen LogP contribution >= 0.6 is 0 Å². The third-order valence-corrected chi connectivity index (χ3v) is 9.02. The van der Waals surface area contributed by atoms with Crippen LogP contribution in [-0.2, 0) is 14.3 Å². The zero-order valence-electron chi connectivity index (χ0n) is 22.0. The molecule has 4 heteroatoms. The third kappa shape index (κ3) is 9.00. The Balaban J connectivity index is 0.000000189. The van der Waals surface area contributed by atoms with Gasteiger partial charge in [0.25, 0.3) is 0 Å². The second kappa shape index (κ2) is 13.3. The number of Topliss-reactive ketones (excluding diaryl/α,β-unsaturated/α-hetero) is 1. The number of rotatable bonds is 7. The molecule has 1 amide bonds. The molecule has 4 rings (SSSR count). The molecular weight excluding hydrogens is 410 g/mol. The minimum Gasteiger partial charge on any atom is -0.378 e. The Labute approximate surface area is 203 Å². The molecule has 0 bridgehead atoms. The van der Waals surface area contributed by atoms with Gasteiger partial charge in [-0.05, 0) is 99.7 Å². The van der Waals surface area contributed by atoms with Crippen LogP contribution in [0.4, 0.5) is 0 Å². The average Bonchev–Trinajstić information content (AvgIpc) is 3.66. The van der Waals surface area contributed by atoms with Crippen molar-refractivity contribution in [3.05, 3.63) is 0 Å². The van der Waals surface area contributed by atoms with Gasteiger partial charge in [0, 0.05) is 31.8 Å². The molecule has 33 heavy (non-hydrogen) atoms. The second-order valence-electron chi connectivity index (χ2n) is 12.2. The Hall–Kier alpha value is -0.900. The Kier molecular flexibility index (Phi) is 10.7. The van der Waals surface area contributed by atoms with Crippen LogP contribution in [0.1, 0.15) is 105 Å².